The minimum Gasteiger partial charge on any atom is -0.484 e. The predicted molar refractivity (Wildman–Crippen MR) is 83.5 cm³/mol. The molecule has 0 N–H and O–H groups in total. The molecule has 0 radical (unpaired) electrons. The van der Waals surface area contributed by atoms with Gasteiger partial charge in [-0.2, -0.15) is 0 Å². The van der Waals surface area contributed by atoms with Crippen molar-refractivity contribution in [3.05, 3.63) is 59.9 Å². The smallest absolute Gasteiger partial charge is 0.255 e. The molecule has 0 aliphatic carbocycles. The molecule has 1 fully saturated rings. The summed E-state index contributed by atoms with van der Waals surface area (Å²) in [6.07, 6.45) is 4.19. The van der Waals surface area contributed by atoms with E-state index in [9.17, 15) is 9.59 Å². The monoisotopic (exact) mass is 308 g/mol. The van der Waals surface area contributed by atoms with E-state index >= 15 is 0 Å². The second-order valence-electron chi connectivity index (χ2n) is 6.10. The molecule has 0 unspecified atom stereocenters. The molecular weight excluding hydrogens is 292 g/mol. The molecule has 0 saturated carbocycles. The summed E-state index contributed by atoms with van der Waals surface area (Å²) in [5, 5.41) is 0. The highest BCUT2D eigenvalue weighted by molar-refractivity contribution is 6.00. The van der Waals surface area contributed by atoms with E-state index in [0.29, 0.717) is 42.8 Å². The molecule has 2 aliphatic rings. The van der Waals surface area contributed by atoms with Crippen molar-refractivity contribution in [2.24, 2.45) is 0 Å². The van der Waals surface area contributed by atoms with Gasteiger partial charge in [0.1, 0.15) is 11.4 Å². The Hall–Kier alpha value is -2.69. The summed E-state index contributed by atoms with van der Waals surface area (Å²) in [5.74, 6) is 0.645. The van der Waals surface area contributed by atoms with Crippen LogP contribution in [0.25, 0.3) is 0 Å². The summed E-state index contributed by atoms with van der Waals surface area (Å²) in [4.78, 5) is 30.7. The van der Waals surface area contributed by atoms with Crippen LogP contribution in [0.2, 0.25) is 0 Å². The number of benzene rings is 1. The van der Waals surface area contributed by atoms with Crippen LogP contribution in [-0.4, -0.2) is 40.3 Å². The second-order valence-corrected chi connectivity index (χ2v) is 6.10. The van der Waals surface area contributed by atoms with Gasteiger partial charge in [0.05, 0.1) is 24.1 Å². The maximum Gasteiger partial charge on any atom is 0.255 e. The van der Waals surface area contributed by atoms with Gasteiger partial charge < -0.3 is 9.64 Å². The van der Waals surface area contributed by atoms with Crippen LogP contribution in [0.15, 0.2) is 48.8 Å². The normalized spacial score (nSPS) is 22.8. The van der Waals surface area contributed by atoms with Crippen molar-refractivity contribution in [2.45, 2.75) is 18.4 Å². The summed E-state index contributed by atoms with van der Waals surface area (Å²) < 4.78 is 6.14. The van der Waals surface area contributed by atoms with Crippen LogP contribution in [0, 0.1) is 0 Å². The molecule has 116 valence electrons. The van der Waals surface area contributed by atoms with Crippen LogP contribution >= 0.6 is 0 Å². The third kappa shape index (κ3) is 2.38. The number of aromatic nitrogens is 1. The lowest BCUT2D eigenvalue weighted by Crippen LogP contribution is -2.45. The van der Waals surface area contributed by atoms with Gasteiger partial charge in [-0.15, -0.1) is 0 Å². The van der Waals surface area contributed by atoms with Gasteiger partial charge in [0.2, 0.25) is 0 Å². The maximum absolute atomic E-state index is 12.5. The molecule has 2 aliphatic heterocycles. The molecule has 2 aromatic rings. The minimum absolute atomic E-state index is 0.0649. The summed E-state index contributed by atoms with van der Waals surface area (Å²) in [6, 6.07) is 10.8. The summed E-state index contributed by atoms with van der Waals surface area (Å²) in [6.45, 7) is 1.02. The van der Waals surface area contributed by atoms with Gasteiger partial charge in [-0.05, 0) is 24.3 Å². The lowest BCUT2D eigenvalue weighted by atomic mass is 9.89. The van der Waals surface area contributed by atoms with Crippen LogP contribution < -0.4 is 4.74 Å². The predicted octanol–water partition coefficient (Wildman–Crippen LogP) is 2.33. The van der Waals surface area contributed by atoms with E-state index in [4.69, 9.17) is 4.74 Å². The number of hydrogen-bond donors (Lipinski definition) is 0. The third-order valence-corrected chi connectivity index (χ3v) is 4.51. The Balaban J connectivity index is 1.57. The van der Waals surface area contributed by atoms with E-state index in [2.05, 4.69) is 4.98 Å². The van der Waals surface area contributed by atoms with Crippen LogP contribution in [0.1, 0.15) is 33.6 Å². The van der Waals surface area contributed by atoms with E-state index in [1.807, 2.05) is 18.2 Å². The van der Waals surface area contributed by atoms with Crippen molar-refractivity contribution in [3.8, 4) is 5.75 Å². The number of para-hydroxylation sites is 1. The maximum atomic E-state index is 12.5. The molecule has 5 nitrogen and oxygen atoms in total. The van der Waals surface area contributed by atoms with Crippen LogP contribution in [0.5, 0.6) is 5.75 Å². The van der Waals surface area contributed by atoms with Crippen molar-refractivity contribution in [3.63, 3.8) is 0 Å². The molecule has 3 heterocycles. The average molecular weight is 308 g/mol. The van der Waals surface area contributed by atoms with Crippen molar-refractivity contribution in [1.29, 1.82) is 0 Å². The van der Waals surface area contributed by atoms with Crippen molar-refractivity contribution >= 4 is 11.7 Å². The zero-order valence-corrected chi connectivity index (χ0v) is 12.6. The average Bonchev–Trinajstić information content (AvgIpc) is 2.98. The summed E-state index contributed by atoms with van der Waals surface area (Å²) in [7, 11) is 0. The summed E-state index contributed by atoms with van der Waals surface area (Å²) >= 11 is 0. The highest BCUT2D eigenvalue weighted by Gasteiger charge is 2.46. The largest absolute Gasteiger partial charge is 0.484 e. The van der Waals surface area contributed by atoms with Crippen LogP contribution in [0.4, 0.5) is 0 Å². The number of ketones is 1. The topological polar surface area (TPSA) is 59.5 Å². The molecule has 1 amide bonds. The number of rotatable bonds is 1. The van der Waals surface area contributed by atoms with Crippen molar-refractivity contribution < 1.29 is 14.3 Å². The van der Waals surface area contributed by atoms with Gasteiger partial charge in [-0.25, -0.2) is 0 Å². The number of Topliss-reactive ketones (excluding diaryl/α,β-unsaturated/α-hetero) is 1. The highest BCUT2D eigenvalue weighted by Crippen LogP contribution is 2.38. The SMILES string of the molecule is O=C1C[C@]2(CCN(C(=O)c3cccnc3)C2)Oc2ccccc21. The van der Waals surface area contributed by atoms with E-state index in [-0.39, 0.29) is 11.7 Å². The molecule has 0 bridgehead atoms. The van der Waals surface area contributed by atoms with Gasteiger partial charge in [0, 0.05) is 25.4 Å². The molecule has 23 heavy (non-hydrogen) atoms. The molecule has 1 aromatic carbocycles. The Morgan fingerprint density at radius 1 is 1.22 bits per heavy atom. The molecule has 4 rings (SSSR count). The van der Waals surface area contributed by atoms with E-state index < -0.39 is 5.60 Å². The first-order valence-electron chi connectivity index (χ1n) is 7.67. The Labute approximate surface area is 133 Å². The van der Waals surface area contributed by atoms with Gasteiger partial charge in [0.25, 0.3) is 5.91 Å². The number of amides is 1. The number of likely N-dealkylation sites (tertiary alicyclic amines) is 1. The third-order valence-electron chi connectivity index (χ3n) is 4.51. The first-order valence-corrected chi connectivity index (χ1v) is 7.67. The Morgan fingerprint density at radius 2 is 2.09 bits per heavy atom. The van der Waals surface area contributed by atoms with E-state index in [1.165, 1.54) is 0 Å². The lowest BCUT2D eigenvalue weighted by molar-refractivity contribution is 0.0428. The zero-order chi connectivity index (χ0) is 15.9. The van der Waals surface area contributed by atoms with Crippen molar-refractivity contribution in [1.82, 2.24) is 9.88 Å². The number of fused-ring (bicyclic) bond motifs is 1. The first-order chi connectivity index (χ1) is 11.2. The number of nitrogens with zero attached hydrogens (tertiary/aromatic N) is 2. The highest BCUT2D eigenvalue weighted by atomic mass is 16.5. The molecule has 1 aromatic heterocycles. The van der Waals surface area contributed by atoms with Gasteiger partial charge in [-0.3, -0.25) is 14.6 Å². The van der Waals surface area contributed by atoms with Gasteiger partial charge in [-0.1, -0.05) is 12.1 Å². The van der Waals surface area contributed by atoms with Gasteiger partial charge >= 0.3 is 0 Å². The molecular formula is C18H16N2O3. The lowest BCUT2D eigenvalue weighted by Gasteiger charge is -2.34. The number of carbonyl (C=O) groups is 2. The molecule has 1 atom stereocenters. The standard InChI is InChI=1S/C18H16N2O3/c21-15-10-18(23-16-6-2-1-5-14(15)16)7-9-20(12-18)17(22)13-4-3-8-19-11-13/h1-6,8,11H,7,9-10,12H2/t18-/m0/s1. The van der Waals surface area contributed by atoms with Crippen LogP contribution in [0.3, 0.4) is 0 Å². The Bertz CT molecular complexity index is 775. The number of carbonyl (C=O) groups excluding carboxylic acids is 2. The fourth-order valence-corrected chi connectivity index (χ4v) is 3.36. The molecule has 1 saturated heterocycles. The molecule has 5 heteroatoms. The number of hydrogen-bond acceptors (Lipinski definition) is 4. The Kier molecular flexibility index (Phi) is 3.15. The second kappa shape index (κ2) is 5.19. The number of pyridine rings is 1. The summed E-state index contributed by atoms with van der Waals surface area (Å²) in [5.41, 5.74) is 0.603. The van der Waals surface area contributed by atoms with Gasteiger partial charge in [0.15, 0.2) is 5.78 Å². The fraction of sp³-hybridized carbons (Fsp3) is 0.278. The zero-order valence-electron chi connectivity index (χ0n) is 12.6. The quantitative estimate of drug-likeness (QED) is 0.811. The van der Waals surface area contributed by atoms with E-state index in [1.54, 1.807) is 35.5 Å². The fourth-order valence-electron chi connectivity index (χ4n) is 3.36. The first kappa shape index (κ1) is 13.9. The van der Waals surface area contributed by atoms with Crippen molar-refractivity contribution in [2.75, 3.05) is 13.1 Å². The molecule has 1 spiro atoms. The number of ether oxygens (including phenoxy) is 1. The van der Waals surface area contributed by atoms with E-state index in [0.717, 1.165) is 0 Å². The minimum atomic E-state index is -0.594. The van der Waals surface area contributed by atoms with Crippen LogP contribution in [-0.2, 0) is 0 Å². The Morgan fingerprint density at radius 3 is 2.91 bits per heavy atom.